The van der Waals surface area contributed by atoms with E-state index in [1.54, 1.807) is 7.11 Å². The summed E-state index contributed by atoms with van der Waals surface area (Å²) in [5.41, 5.74) is 3.53. The number of piperazine rings is 1. The Morgan fingerprint density at radius 3 is 3.00 bits per heavy atom. The summed E-state index contributed by atoms with van der Waals surface area (Å²) in [4.78, 5) is 2.49. The fourth-order valence-electron chi connectivity index (χ4n) is 3.30. The van der Waals surface area contributed by atoms with Crippen molar-refractivity contribution >= 4 is 0 Å². The maximum absolute atomic E-state index is 5.57. The Hall–Kier alpha value is -1.85. The van der Waals surface area contributed by atoms with Crippen LogP contribution >= 0.6 is 0 Å². The van der Waals surface area contributed by atoms with Gasteiger partial charge in [-0.3, -0.25) is 4.90 Å². The van der Waals surface area contributed by atoms with Gasteiger partial charge in [-0.15, -0.1) is 0 Å². The first-order valence-corrected chi connectivity index (χ1v) is 8.26. The molecule has 1 fully saturated rings. The van der Waals surface area contributed by atoms with Gasteiger partial charge in [-0.05, 0) is 19.4 Å². The lowest BCUT2D eigenvalue weighted by molar-refractivity contribution is 0.150. The van der Waals surface area contributed by atoms with E-state index in [9.17, 15) is 0 Å². The topological polar surface area (TPSA) is 50.5 Å². The summed E-state index contributed by atoms with van der Waals surface area (Å²) in [5.74, 6) is 1.88. The van der Waals surface area contributed by atoms with Gasteiger partial charge in [0, 0.05) is 37.3 Å². The van der Waals surface area contributed by atoms with Crippen molar-refractivity contribution in [3.05, 3.63) is 46.8 Å². The molecule has 0 aliphatic carbocycles. The number of aromatic nitrogens is 1. The van der Waals surface area contributed by atoms with Crippen molar-refractivity contribution in [3.8, 4) is 5.75 Å². The molecule has 3 rings (SSSR count). The molecule has 5 heteroatoms. The average molecular weight is 315 g/mol. The molecule has 2 aromatic rings. The second-order valence-electron chi connectivity index (χ2n) is 5.95. The van der Waals surface area contributed by atoms with Crippen LogP contribution in [0.1, 0.15) is 35.5 Å². The number of nitrogens with zero attached hydrogens (tertiary/aromatic N) is 2. The molecule has 1 N–H and O–H groups in total. The van der Waals surface area contributed by atoms with Crippen molar-refractivity contribution in [1.29, 1.82) is 0 Å². The molecular weight excluding hydrogens is 290 g/mol. The van der Waals surface area contributed by atoms with Gasteiger partial charge < -0.3 is 14.6 Å². The van der Waals surface area contributed by atoms with E-state index >= 15 is 0 Å². The molecule has 1 saturated heterocycles. The van der Waals surface area contributed by atoms with Crippen LogP contribution in [0.15, 0.2) is 28.8 Å². The molecule has 0 amide bonds. The summed E-state index contributed by atoms with van der Waals surface area (Å²) in [5, 5.41) is 7.69. The van der Waals surface area contributed by atoms with E-state index in [2.05, 4.69) is 34.4 Å². The minimum absolute atomic E-state index is 0.291. The van der Waals surface area contributed by atoms with Crippen LogP contribution in [0.2, 0.25) is 0 Å². The quantitative estimate of drug-likeness (QED) is 0.919. The fraction of sp³-hybridized carbons (Fsp3) is 0.500. The maximum Gasteiger partial charge on any atom is 0.138 e. The van der Waals surface area contributed by atoms with E-state index < -0.39 is 0 Å². The second-order valence-corrected chi connectivity index (χ2v) is 5.95. The van der Waals surface area contributed by atoms with E-state index in [0.717, 1.165) is 49.8 Å². The van der Waals surface area contributed by atoms with Crippen LogP contribution in [0.25, 0.3) is 0 Å². The number of hydrogen-bond donors (Lipinski definition) is 1. The lowest BCUT2D eigenvalue weighted by Crippen LogP contribution is -2.45. The van der Waals surface area contributed by atoms with Crippen LogP contribution in [-0.4, -0.2) is 36.8 Å². The fourth-order valence-corrected chi connectivity index (χ4v) is 3.30. The molecule has 1 aromatic heterocycles. The molecule has 0 saturated carbocycles. The van der Waals surface area contributed by atoms with E-state index in [1.807, 2.05) is 19.1 Å². The Balaban J connectivity index is 1.88. The first-order chi connectivity index (χ1) is 11.2. The van der Waals surface area contributed by atoms with E-state index in [0.29, 0.717) is 6.04 Å². The number of hydrogen-bond acceptors (Lipinski definition) is 5. The van der Waals surface area contributed by atoms with Gasteiger partial charge in [-0.1, -0.05) is 30.3 Å². The SMILES string of the molecule is CCc1noc(C)c1CN1CCNCC1c1ccccc1OC. The second kappa shape index (κ2) is 7.15. The number of benzene rings is 1. The van der Waals surface area contributed by atoms with Crippen molar-refractivity contribution in [3.63, 3.8) is 0 Å². The summed E-state index contributed by atoms with van der Waals surface area (Å²) >= 11 is 0. The minimum Gasteiger partial charge on any atom is -0.496 e. The molecule has 1 aliphatic heterocycles. The third-order valence-corrected chi connectivity index (χ3v) is 4.61. The van der Waals surface area contributed by atoms with Crippen molar-refractivity contribution in [2.75, 3.05) is 26.7 Å². The number of aryl methyl sites for hydroxylation is 2. The zero-order valence-corrected chi connectivity index (χ0v) is 14.1. The molecule has 0 bridgehead atoms. The standard InChI is InChI=1S/C18H25N3O2/c1-4-16-15(13(2)23-20-16)12-21-10-9-19-11-17(21)14-7-5-6-8-18(14)22-3/h5-8,17,19H,4,9-12H2,1-3H3. The molecule has 5 nitrogen and oxygen atoms in total. The Kier molecular flexibility index (Phi) is 4.98. The number of methoxy groups -OCH3 is 1. The molecule has 0 radical (unpaired) electrons. The predicted molar refractivity (Wildman–Crippen MR) is 89.6 cm³/mol. The van der Waals surface area contributed by atoms with Crippen LogP contribution in [0.5, 0.6) is 5.75 Å². The number of ether oxygens (including phenoxy) is 1. The van der Waals surface area contributed by atoms with Crippen LogP contribution in [-0.2, 0) is 13.0 Å². The Morgan fingerprint density at radius 2 is 2.22 bits per heavy atom. The molecule has 23 heavy (non-hydrogen) atoms. The van der Waals surface area contributed by atoms with Gasteiger partial charge in [0.15, 0.2) is 0 Å². The molecule has 124 valence electrons. The van der Waals surface area contributed by atoms with Gasteiger partial charge in [0.05, 0.1) is 18.8 Å². The largest absolute Gasteiger partial charge is 0.496 e. The maximum atomic E-state index is 5.57. The van der Waals surface area contributed by atoms with Gasteiger partial charge in [-0.25, -0.2) is 0 Å². The molecule has 2 heterocycles. The number of para-hydroxylation sites is 1. The van der Waals surface area contributed by atoms with Crippen LogP contribution < -0.4 is 10.1 Å². The first kappa shape index (κ1) is 16.0. The lowest BCUT2D eigenvalue weighted by atomic mass is 10.0. The summed E-state index contributed by atoms with van der Waals surface area (Å²) in [7, 11) is 1.73. The van der Waals surface area contributed by atoms with Crippen molar-refractivity contribution in [2.24, 2.45) is 0 Å². The smallest absolute Gasteiger partial charge is 0.138 e. The summed E-state index contributed by atoms with van der Waals surface area (Å²) in [6, 6.07) is 8.57. The lowest BCUT2D eigenvalue weighted by Gasteiger charge is -2.37. The Labute approximate surface area is 137 Å². The zero-order chi connectivity index (χ0) is 16.2. The van der Waals surface area contributed by atoms with Gasteiger partial charge >= 0.3 is 0 Å². The Bertz CT molecular complexity index is 653. The van der Waals surface area contributed by atoms with Crippen LogP contribution in [0, 0.1) is 6.92 Å². The predicted octanol–water partition coefficient (Wildman–Crippen LogP) is 2.70. The number of rotatable bonds is 5. The highest BCUT2D eigenvalue weighted by molar-refractivity contribution is 5.36. The van der Waals surface area contributed by atoms with Gasteiger partial charge in [0.25, 0.3) is 0 Å². The summed E-state index contributed by atoms with van der Waals surface area (Å²) < 4.78 is 11.0. The molecule has 1 aromatic carbocycles. The summed E-state index contributed by atoms with van der Waals surface area (Å²) in [6.07, 6.45) is 0.901. The van der Waals surface area contributed by atoms with Crippen molar-refractivity contribution in [2.45, 2.75) is 32.9 Å². The van der Waals surface area contributed by atoms with Crippen molar-refractivity contribution < 1.29 is 9.26 Å². The van der Waals surface area contributed by atoms with Gasteiger partial charge in [0.2, 0.25) is 0 Å². The molecule has 1 aliphatic rings. The third-order valence-electron chi connectivity index (χ3n) is 4.61. The van der Waals surface area contributed by atoms with E-state index in [-0.39, 0.29) is 0 Å². The minimum atomic E-state index is 0.291. The first-order valence-electron chi connectivity index (χ1n) is 8.26. The molecule has 1 atom stereocenters. The van der Waals surface area contributed by atoms with Crippen LogP contribution in [0.3, 0.4) is 0 Å². The van der Waals surface area contributed by atoms with E-state index in [4.69, 9.17) is 9.26 Å². The third kappa shape index (κ3) is 3.26. The molecule has 0 spiro atoms. The Morgan fingerprint density at radius 1 is 1.39 bits per heavy atom. The highest BCUT2D eigenvalue weighted by atomic mass is 16.5. The zero-order valence-electron chi connectivity index (χ0n) is 14.1. The van der Waals surface area contributed by atoms with Crippen LogP contribution in [0.4, 0.5) is 0 Å². The van der Waals surface area contributed by atoms with Gasteiger partial charge in [-0.2, -0.15) is 0 Å². The molecule has 1 unspecified atom stereocenters. The monoisotopic (exact) mass is 315 g/mol. The highest BCUT2D eigenvalue weighted by Crippen LogP contribution is 2.32. The molecular formula is C18H25N3O2. The summed E-state index contributed by atoms with van der Waals surface area (Å²) in [6.45, 7) is 7.90. The normalized spacial score (nSPS) is 19.0. The van der Waals surface area contributed by atoms with Gasteiger partial charge in [0.1, 0.15) is 11.5 Å². The van der Waals surface area contributed by atoms with Crippen molar-refractivity contribution in [1.82, 2.24) is 15.4 Å². The highest BCUT2D eigenvalue weighted by Gasteiger charge is 2.28. The van der Waals surface area contributed by atoms with E-state index in [1.165, 1.54) is 11.1 Å². The number of nitrogens with one attached hydrogen (secondary N) is 1. The average Bonchev–Trinajstić information content (AvgIpc) is 2.95.